The number of halogens is 1. The lowest BCUT2D eigenvalue weighted by molar-refractivity contribution is -0.274. The molecule has 10 heteroatoms. The summed E-state index contributed by atoms with van der Waals surface area (Å²) in [5.41, 5.74) is 4.77. The fourth-order valence-corrected chi connectivity index (χ4v) is 3.91. The summed E-state index contributed by atoms with van der Waals surface area (Å²) < 4.78 is 24.6. The second kappa shape index (κ2) is 9.14. The van der Waals surface area contributed by atoms with Gasteiger partial charge in [-0.15, -0.1) is 15.4 Å². The first-order valence-corrected chi connectivity index (χ1v) is 11.0. The van der Waals surface area contributed by atoms with Gasteiger partial charge in [0.05, 0.1) is 12.7 Å². The molecule has 0 saturated heterocycles. The van der Waals surface area contributed by atoms with Crippen LogP contribution in [-0.4, -0.2) is 33.6 Å². The van der Waals surface area contributed by atoms with Gasteiger partial charge in [-0.05, 0) is 54.0 Å². The Kier molecular flexibility index (Phi) is 6.37. The maximum absolute atomic E-state index is 14.1. The molecule has 2 aromatic carbocycles. The van der Waals surface area contributed by atoms with Gasteiger partial charge in [0.15, 0.2) is 6.26 Å². The highest BCUT2D eigenvalue weighted by molar-refractivity contribution is 5.89. The van der Waals surface area contributed by atoms with Crippen LogP contribution in [0, 0.1) is 11.2 Å². The van der Waals surface area contributed by atoms with Crippen molar-refractivity contribution in [3.05, 3.63) is 65.7 Å². The highest BCUT2D eigenvalue weighted by Crippen LogP contribution is 2.38. The Balaban J connectivity index is 1.54. The van der Waals surface area contributed by atoms with Crippen molar-refractivity contribution < 1.29 is 33.9 Å². The van der Waals surface area contributed by atoms with Crippen LogP contribution in [0.15, 0.2) is 53.2 Å². The molecule has 0 atom stereocenters. The number of carboxylic acid groups (broad SMARTS) is 1. The molecule has 1 aliphatic carbocycles. The number of nitrogens with zero attached hydrogens (tertiary/aromatic N) is 2. The summed E-state index contributed by atoms with van der Waals surface area (Å²) in [6.07, 6.45) is 6.47. The molecular formula is C25H27FN3O6+. The molecule has 4 N–H and O–H groups in total. The maximum Gasteiger partial charge on any atom is 0.360 e. The van der Waals surface area contributed by atoms with Crippen LogP contribution in [0.1, 0.15) is 49.0 Å². The van der Waals surface area contributed by atoms with Crippen molar-refractivity contribution in [2.24, 2.45) is 5.41 Å². The van der Waals surface area contributed by atoms with Gasteiger partial charge >= 0.3 is 11.8 Å². The highest BCUT2D eigenvalue weighted by Gasteiger charge is 2.34. The average molecular weight is 485 g/mol. The zero-order valence-corrected chi connectivity index (χ0v) is 19.6. The lowest BCUT2D eigenvalue weighted by atomic mass is 9.77. The summed E-state index contributed by atoms with van der Waals surface area (Å²) in [6, 6.07) is 9.33. The standard InChI is InChI=1S/C25H26FN3O6/c1-25(2)10-8-16(9-11-25)15-4-6-17(7-5-15)23-27-22(14-35-23)29(32,33)28-20-13-19(26)18(24(30)31)12-21(20)34-3/h4-8,12-14,28,32-33H,9-11H2,1-3H3/p+1. The third kappa shape index (κ3) is 5.19. The summed E-state index contributed by atoms with van der Waals surface area (Å²) in [7, 11) is 1.23. The smallest absolute Gasteiger partial charge is 0.360 e. The highest BCUT2D eigenvalue weighted by atomic mass is 19.1. The van der Waals surface area contributed by atoms with E-state index in [1.54, 1.807) is 0 Å². The summed E-state index contributed by atoms with van der Waals surface area (Å²) in [5, 5.41) is 30.1. The fourth-order valence-electron chi connectivity index (χ4n) is 3.91. The Labute approximate surface area is 201 Å². The summed E-state index contributed by atoms with van der Waals surface area (Å²) in [5.74, 6) is -2.88. The number of hydrogen-bond acceptors (Lipinski definition) is 7. The molecule has 4 rings (SSSR count). The normalized spacial score (nSPS) is 15.4. The summed E-state index contributed by atoms with van der Waals surface area (Å²) in [4.78, 5) is 13.3. The van der Waals surface area contributed by atoms with E-state index in [2.05, 4.69) is 30.3 Å². The molecule has 9 nitrogen and oxygen atoms in total. The molecule has 0 spiro atoms. The fraction of sp³-hybridized carbons (Fsp3) is 0.280. The van der Waals surface area contributed by atoms with Crippen molar-refractivity contribution in [2.75, 3.05) is 12.5 Å². The molecule has 184 valence electrons. The van der Waals surface area contributed by atoms with E-state index < -0.39 is 22.3 Å². The number of nitrogens with one attached hydrogen (secondary N) is 1. The molecule has 0 amide bonds. The van der Waals surface area contributed by atoms with Crippen LogP contribution in [0.4, 0.5) is 15.9 Å². The molecular weight excluding hydrogens is 457 g/mol. The predicted octanol–water partition coefficient (Wildman–Crippen LogP) is 5.89. The third-order valence-corrected chi connectivity index (χ3v) is 6.08. The van der Waals surface area contributed by atoms with E-state index in [0.29, 0.717) is 11.0 Å². The number of benzene rings is 2. The number of ether oxygens (including phenoxy) is 1. The molecule has 0 fully saturated rings. The molecule has 0 radical (unpaired) electrons. The van der Waals surface area contributed by atoms with Crippen molar-refractivity contribution in [1.82, 2.24) is 9.90 Å². The average Bonchev–Trinajstić information content (AvgIpc) is 3.30. The van der Waals surface area contributed by atoms with Crippen molar-refractivity contribution in [3.63, 3.8) is 0 Å². The molecule has 1 aromatic heterocycles. The zero-order valence-electron chi connectivity index (χ0n) is 19.6. The number of hydrogen-bond donors (Lipinski definition) is 4. The Morgan fingerprint density at radius 3 is 2.49 bits per heavy atom. The van der Waals surface area contributed by atoms with Gasteiger partial charge in [0, 0.05) is 11.6 Å². The first-order chi connectivity index (χ1) is 16.5. The minimum absolute atomic E-state index is 0.117. The monoisotopic (exact) mass is 484 g/mol. The topological polar surface area (TPSA) is 125 Å². The first-order valence-electron chi connectivity index (χ1n) is 11.0. The Hall–Kier alpha value is -3.73. The number of carboxylic acids is 1. The van der Waals surface area contributed by atoms with Crippen LogP contribution in [0.2, 0.25) is 0 Å². The summed E-state index contributed by atoms with van der Waals surface area (Å²) in [6.45, 7) is 4.52. The van der Waals surface area contributed by atoms with Gasteiger partial charge in [-0.2, -0.15) is 5.43 Å². The van der Waals surface area contributed by atoms with E-state index in [1.165, 1.54) is 12.7 Å². The van der Waals surface area contributed by atoms with Gasteiger partial charge in [0.1, 0.15) is 22.2 Å². The SMILES string of the molecule is COc1cc(C(=O)O)c(F)cc1N[N+](O)(O)c1coc(-c2ccc(C3=CCC(C)(C)CC3)cc2)n1. The van der Waals surface area contributed by atoms with Crippen molar-refractivity contribution in [1.29, 1.82) is 0 Å². The van der Waals surface area contributed by atoms with E-state index in [0.717, 1.165) is 43.2 Å². The van der Waals surface area contributed by atoms with Crippen LogP contribution in [0.3, 0.4) is 0 Å². The second-order valence-corrected chi connectivity index (χ2v) is 9.24. The molecule has 3 aromatic rings. The number of methoxy groups -OCH3 is 1. The number of quaternary nitrogens is 1. The van der Waals surface area contributed by atoms with Crippen molar-refractivity contribution in [3.8, 4) is 17.2 Å². The van der Waals surface area contributed by atoms with Gasteiger partial charge in [-0.25, -0.2) is 9.18 Å². The molecule has 1 aliphatic rings. The van der Waals surface area contributed by atoms with Crippen LogP contribution < -0.4 is 15.1 Å². The second-order valence-electron chi connectivity index (χ2n) is 9.24. The first kappa shape index (κ1) is 24.4. The number of allylic oxidation sites excluding steroid dienone is 2. The quantitative estimate of drug-likeness (QED) is 0.242. The zero-order chi connectivity index (χ0) is 25.4. The number of carbonyl (C=O) groups is 1. The molecule has 1 heterocycles. The minimum atomic E-state index is -1.99. The Morgan fingerprint density at radius 1 is 1.20 bits per heavy atom. The molecule has 0 bridgehead atoms. The van der Waals surface area contributed by atoms with Crippen molar-refractivity contribution in [2.45, 2.75) is 33.1 Å². The van der Waals surface area contributed by atoms with Gasteiger partial charge in [-0.1, -0.05) is 32.1 Å². The third-order valence-electron chi connectivity index (χ3n) is 6.08. The lowest BCUT2D eigenvalue weighted by Gasteiger charge is -2.28. The largest absolute Gasteiger partial charge is 0.494 e. The molecule has 0 aliphatic heterocycles. The van der Waals surface area contributed by atoms with Gasteiger partial charge in [-0.3, -0.25) is 0 Å². The van der Waals surface area contributed by atoms with Crippen LogP contribution in [-0.2, 0) is 0 Å². The number of aromatic nitrogens is 1. The maximum atomic E-state index is 14.1. The number of aromatic carboxylic acids is 1. The van der Waals surface area contributed by atoms with Gasteiger partial charge in [0.2, 0.25) is 5.89 Å². The Morgan fingerprint density at radius 2 is 1.89 bits per heavy atom. The van der Waals surface area contributed by atoms with Crippen LogP contribution in [0.25, 0.3) is 17.0 Å². The van der Waals surface area contributed by atoms with Gasteiger partial charge in [0.25, 0.3) is 0 Å². The Bertz CT molecular complexity index is 1280. The minimum Gasteiger partial charge on any atom is -0.494 e. The number of oxazole rings is 1. The number of rotatable bonds is 7. The summed E-state index contributed by atoms with van der Waals surface area (Å²) >= 11 is 0. The predicted molar refractivity (Wildman–Crippen MR) is 126 cm³/mol. The van der Waals surface area contributed by atoms with E-state index in [9.17, 15) is 19.6 Å². The molecule has 0 saturated carbocycles. The van der Waals surface area contributed by atoms with E-state index >= 15 is 0 Å². The van der Waals surface area contributed by atoms with E-state index in [-0.39, 0.29) is 23.1 Å². The molecule has 0 unspecified atom stereocenters. The molecule has 35 heavy (non-hydrogen) atoms. The van der Waals surface area contributed by atoms with Crippen LogP contribution in [0.5, 0.6) is 5.75 Å². The lowest BCUT2D eigenvalue weighted by Crippen LogP contribution is -2.48. The number of anilines is 1. The van der Waals surface area contributed by atoms with Crippen molar-refractivity contribution >= 4 is 23.0 Å². The van der Waals surface area contributed by atoms with Crippen LogP contribution >= 0.6 is 0 Å². The van der Waals surface area contributed by atoms with Gasteiger partial charge < -0.3 is 14.3 Å². The van der Waals surface area contributed by atoms with E-state index in [4.69, 9.17) is 14.3 Å². The van der Waals surface area contributed by atoms with E-state index in [1.807, 2.05) is 24.3 Å².